The molecule has 0 spiro atoms. The smallest absolute Gasteiger partial charge is 0.160 e. The largest absolute Gasteiger partial charge is 0.493 e. The number of anilines is 1. The Morgan fingerprint density at radius 3 is 2.78 bits per heavy atom. The second kappa shape index (κ2) is 5.57. The molecule has 100 valence electrons. The Hall–Kier alpha value is -1.29. The molecule has 0 aromatic carbocycles. The van der Waals surface area contributed by atoms with Crippen molar-refractivity contribution in [2.24, 2.45) is 0 Å². The monoisotopic (exact) mass is 250 g/mol. The minimum atomic E-state index is -0.569. The highest BCUT2D eigenvalue weighted by atomic mass is 16.5. The van der Waals surface area contributed by atoms with Crippen molar-refractivity contribution in [3.05, 3.63) is 18.0 Å². The maximum atomic E-state index is 10.4. The summed E-state index contributed by atoms with van der Waals surface area (Å²) in [6.07, 6.45) is 6.94. The first-order valence-electron chi connectivity index (χ1n) is 6.60. The Morgan fingerprint density at radius 1 is 1.39 bits per heavy atom. The zero-order valence-electron chi connectivity index (χ0n) is 11.2. The number of aryl methyl sites for hydroxylation is 1. The number of methoxy groups -OCH3 is 1. The van der Waals surface area contributed by atoms with Gasteiger partial charge in [0, 0.05) is 12.2 Å². The molecule has 1 saturated carbocycles. The first kappa shape index (κ1) is 13.1. The molecule has 0 atom stereocenters. The minimum Gasteiger partial charge on any atom is -0.493 e. The molecule has 0 bridgehead atoms. The van der Waals surface area contributed by atoms with Gasteiger partial charge in [0.2, 0.25) is 0 Å². The van der Waals surface area contributed by atoms with Crippen molar-refractivity contribution in [1.29, 1.82) is 0 Å². The van der Waals surface area contributed by atoms with Crippen LogP contribution in [0.15, 0.2) is 12.3 Å². The lowest BCUT2D eigenvalue weighted by Gasteiger charge is -2.32. The highest BCUT2D eigenvalue weighted by Crippen LogP contribution is 2.30. The molecule has 1 aliphatic carbocycles. The highest BCUT2D eigenvalue weighted by molar-refractivity contribution is 5.56. The fourth-order valence-electron chi connectivity index (χ4n) is 2.49. The van der Waals surface area contributed by atoms with Crippen molar-refractivity contribution in [3.63, 3.8) is 0 Å². The van der Waals surface area contributed by atoms with E-state index in [4.69, 9.17) is 4.74 Å². The lowest BCUT2D eigenvalue weighted by molar-refractivity contribution is 0.0167. The Balaban J connectivity index is 2.02. The molecule has 1 fully saturated rings. The summed E-state index contributed by atoms with van der Waals surface area (Å²) < 4.78 is 5.27. The van der Waals surface area contributed by atoms with Crippen LogP contribution in [0, 0.1) is 6.92 Å². The van der Waals surface area contributed by atoms with Gasteiger partial charge in [0.1, 0.15) is 0 Å². The average Bonchev–Trinajstić information content (AvgIpc) is 2.38. The van der Waals surface area contributed by atoms with Crippen molar-refractivity contribution in [3.8, 4) is 5.75 Å². The van der Waals surface area contributed by atoms with E-state index >= 15 is 0 Å². The molecule has 0 amide bonds. The summed E-state index contributed by atoms with van der Waals surface area (Å²) in [4.78, 5) is 4.20. The van der Waals surface area contributed by atoms with Crippen LogP contribution in [0.4, 0.5) is 5.69 Å². The average molecular weight is 250 g/mol. The van der Waals surface area contributed by atoms with Crippen LogP contribution in [-0.4, -0.2) is 29.3 Å². The maximum absolute atomic E-state index is 10.4. The number of nitrogens with zero attached hydrogens (tertiary/aromatic N) is 1. The first-order valence-corrected chi connectivity index (χ1v) is 6.60. The van der Waals surface area contributed by atoms with Crippen LogP contribution in [0.5, 0.6) is 5.75 Å². The van der Waals surface area contributed by atoms with E-state index in [2.05, 4.69) is 10.3 Å². The summed E-state index contributed by atoms with van der Waals surface area (Å²) in [5.41, 5.74) is 1.28. The zero-order chi connectivity index (χ0) is 13.0. The van der Waals surface area contributed by atoms with Crippen LogP contribution in [0.2, 0.25) is 0 Å². The van der Waals surface area contributed by atoms with Gasteiger partial charge in [0.25, 0.3) is 0 Å². The normalized spacial score (nSPS) is 18.4. The van der Waals surface area contributed by atoms with Gasteiger partial charge in [-0.25, -0.2) is 0 Å². The summed E-state index contributed by atoms with van der Waals surface area (Å²) in [5.74, 6) is 0.722. The zero-order valence-corrected chi connectivity index (χ0v) is 11.2. The van der Waals surface area contributed by atoms with Gasteiger partial charge in [-0.05, 0) is 25.8 Å². The van der Waals surface area contributed by atoms with Crippen molar-refractivity contribution in [2.75, 3.05) is 19.0 Å². The van der Waals surface area contributed by atoms with Crippen LogP contribution < -0.4 is 10.1 Å². The lowest BCUT2D eigenvalue weighted by Crippen LogP contribution is -2.38. The van der Waals surface area contributed by atoms with Crippen molar-refractivity contribution in [2.45, 2.75) is 44.6 Å². The number of hydrogen-bond acceptors (Lipinski definition) is 4. The van der Waals surface area contributed by atoms with E-state index in [1.165, 1.54) is 6.42 Å². The van der Waals surface area contributed by atoms with Crippen LogP contribution >= 0.6 is 0 Å². The second-order valence-electron chi connectivity index (χ2n) is 5.16. The van der Waals surface area contributed by atoms with Crippen molar-refractivity contribution < 1.29 is 9.84 Å². The third-order valence-corrected chi connectivity index (χ3v) is 3.62. The number of rotatable bonds is 4. The van der Waals surface area contributed by atoms with Crippen LogP contribution in [0.3, 0.4) is 0 Å². The van der Waals surface area contributed by atoms with Crippen LogP contribution in [0.25, 0.3) is 0 Å². The molecule has 1 aliphatic rings. The topological polar surface area (TPSA) is 54.4 Å². The maximum Gasteiger partial charge on any atom is 0.160 e. The lowest BCUT2D eigenvalue weighted by atomic mass is 9.85. The molecular formula is C14H22N2O2. The molecule has 0 saturated heterocycles. The molecule has 0 aliphatic heterocycles. The Labute approximate surface area is 108 Å². The predicted octanol–water partition coefficient (Wildman–Crippen LogP) is 2.51. The standard InChI is InChI=1S/C14H22N2O2/c1-11-8-12(13(18-2)9-15-11)16-10-14(17)6-4-3-5-7-14/h8-9,17H,3-7,10H2,1-2H3,(H,15,16). The molecule has 0 unspecified atom stereocenters. The van der Waals surface area contributed by atoms with Gasteiger partial charge in [-0.15, -0.1) is 0 Å². The van der Waals surface area contributed by atoms with Gasteiger partial charge in [0.05, 0.1) is 24.6 Å². The van der Waals surface area contributed by atoms with Gasteiger partial charge in [-0.1, -0.05) is 19.3 Å². The predicted molar refractivity (Wildman–Crippen MR) is 72.1 cm³/mol. The number of hydrogen-bond donors (Lipinski definition) is 2. The number of pyridine rings is 1. The molecule has 1 aromatic rings. The molecule has 4 nitrogen and oxygen atoms in total. The molecular weight excluding hydrogens is 228 g/mol. The van der Waals surface area contributed by atoms with E-state index in [0.717, 1.165) is 42.8 Å². The van der Waals surface area contributed by atoms with Crippen LogP contribution in [-0.2, 0) is 0 Å². The number of aliphatic hydroxyl groups is 1. The second-order valence-corrected chi connectivity index (χ2v) is 5.16. The highest BCUT2D eigenvalue weighted by Gasteiger charge is 2.29. The fraction of sp³-hybridized carbons (Fsp3) is 0.643. The first-order chi connectivity index (χ1) is 8.63. The van der Waals surface area contributed by atoms with Gasteiger partial charge in [-0.3, -0.25) is 4.98 Å². The number of ether oxygens (including phenoxy) is 1. The van der Waals surface area contributed by atoms with E-state index in [9.17, 15) is 5.11 Å². The summed E-state index contributed by atoms with van der Waals surface area (Å²) >= 11 is 0. The summed E-state index contributed by atoms with van der Waals surface area (Å²) in [6.45, 7) is 2.52. The third-order valence-electron chi connectivity index (χ3n) is 3.62. The quantitative estimate of drug-likeness (QED) is 0.862. The molecule has 2 N–H and O–H groups in total. The van der Waals surface area contributed by atoms with E-state index in [-0.39, 0.29) is 0 Å². The Kier molecular flexibility index (Phi) is 4.07. The number of nitrogens with one attached hydrogen (secondary N) is 1. The summed E-state index contributed by atoms with van der Waals surface area (Å²) in [7, 11) is 1.63. The SMILES string of the molecule is COc1cnc(C)cc1NCC1(O)CCCCC1. The minimum absolute atomic E-state index is 0.569. The molecule has 18 heavy (non-hydrogen) atoms. The number of aromatic nitrogens is 1. The van der Waals surface area contributed by atoms with Crippen molar-refractivity contribution >= 4 is 5.69 Å². The van der Waals surface area contributed by atoms with Gasteiger partial charge in [0.15, 0.2) is 5.75 Å². The van der Waals surface area contributed by atoms with E-state index in [1.54, 1.807) is 13.3 Å². The third kappa shape index (κ3) is 3.13. The molecule has 1 heterocycles. The summed E-state index contributed by atoms with van der Waals surface area (Å²) in [6, 6.07) is 1.95. The van der Waals surface area contributed by atoms with E-state index in [1.807, 2.05) is 13.0 Å². The van der Waals surface area contributed by atoms with Gasteiger partial charge >= 0.3 is 0 Å². The van der Waals surface area contributed by atoms with E-state index < -0.39 is 5.60 Å². The van der Waals surface area contributed by atoms with Crippen molar-refractivity contribution in [1.82, 2.24) is 4.98 Å². The van der Waals surface area contributed by atoms with Gasteiger partial charge < -0.3 is 15.2 Å². The Morgan fingerprint density at radius 2 is 2.11 bits per heavy atom. The fourth-order valence-corrected chi connectivity index (χ4v) is 2.49. The molecule has 0 radical (unpaired) electrons. The molecule has 1 aromatic heterocycles. The Bertz CT molecular complexity index is 401. The molecule has 4 heteroatoms. The van der Waals surface area contributed by atoms with E-state index in [0.29, 0.717) is 6.54 Å². The summed E-state index contributed by atoms with van der Waals surface area (Å²) in [5, 5.41) is 13.7. The van der Waals surface area contributed by atoms with Gasteiger partial charge in [-0.2, -0.15) is 0 Å². The molecule has 2 rings (SSSR count). The van der Waals surface area contributed by atoms with Crippen LogP contribution in [0.1, 0.15) is 37.8 Å².